The number of ether oxygens (including phenoxy) is 1. The number of halogens is 3. The molecule has 0 bridgehead atoms. The van der Waals surface area contributed by atoms with Crippen LogP contribution in [0.5, 0.6) is 6.01 Å². The molecule has 2 aromatic rings. The maximum absolute atomic E-state index is 13.0. The van der Waals surface area contributed by atoms with Gasteiger partial charge in [0.1, 0.15) is 12.4 Å². The predicted octanol–water partition coefficient (Wildman–Crippen LogP) is 3.20. The molecule has 0 saturated carbocycles. The highest BCUT2D eigenvalue weighted by Gasteiger charge is 2.31. The Balaban J connectivity index is 1.53. The zero-order valence-electron chi connectivity index (χ0n) is 17.0. The Morgan fingerprint density at radius 1 is 1.20 bits per heavy atom. The fraction of sp³-hybridized carbons (Fsp3) is 0.524. The predicted molar refractivity (Wildman–Crippen MR) is 109 cm³/mol. The molecular formula is C21H26F3N5O. The van der Waals surface area contributed by atoms with Crippen molar-refractivity contribution in [2.24, 2.45) is 0 Å². The number of likely N-dealkylation sites (tertiary alicyclic amines) is 1. The highest BCUT2D eigenvalue weighted by Crippen LogP contribution is 2.32. The molecule has 3 heterocycles. The van der Waals surface area contributed by atoms with Crippen LogP contribution in [0.2, 0.25) is 0 Å². The summed E-state index contributed by atoms with van der Waals surface area (Å²) in [5.41, 5.74) is 8.54. The lowest BCUT2D eigenvalue weighted by Gasteiger charge is -2.32. The highest BCUT2D eigenvalue weighted by atomic mass is 19.4. The lowest BCUT2D eigenvalue weighted by atomic mass is 10.0. The van der Waals surface area contributed by atoms with E-state index in [-0.39, 0.29) is 11.6 Å². The lowest BCUT2D eigenvalue weighted by Crippen LogP contribution is -2.34. The molecule has 1 atom stereocenters. The summed E-state index contributed by atoms with van der Waals surface area (Å²) in [6, 6.07) is 7.21. The number of aromatic nitrogens is 2. The first kappa shape index (κ1) is 20.7. The Bertz CT molecular complexity index is 905. The first-order valence-electron chi connectivity index (χ1n) is 10.2. The second-order valence-corrected chi connectivity index (χ2v) is 8.00. The van der Waals surface area contributed by atoms with E-state index in [0.717, 1.165) is 24.9 Å². The molecule has 2 aliphatic rings. The molecule has 0 spiro atoms. The van der Waals surface area contributed by atoms with E-state index in [0.29, 0.717) is 49.4 Å². The van der Waals surface area contributed by atoms with Gasteiger partial charge in [0.05, 0.1) is 18.7 Å². The van der Waals surface area contributed by atoms with Gasteiger partial charge in [-0.1, -0.05) is 18.2 Å². The zero-order chi connectivity index (χ0) is 21.3. The molecule has 0 unspecified atom stereocenters. The third-order valence-electron chi connectivity index (χ3n) is 5.88. The maximum atomic E-state index is 13.0. The van der Waals surface area contributed by atoms with E-state index in [1.807, 2.05) is 4.90 Å². The summed E-state index contributed by atoms with van der Waals surface area (Å²) >= 11 is 0. The van der Waals surface area contributed by atoms with Crippen molar-refractivity contribution < 1.29 is 17.9 Å². The summed E-state index contributed by atoms with van der Waals surface area (Å²) in [6.07, 6.45) is -2.43. The summed E-state index contributed by atoms with van der Waals surface area (Å²) in [7, 11) is 2.07. The Hall–Kier alpha value is -2.55. The fourth-order valence-corrected chi connectivity index (χ4v) is 4.25. The van der Waals surface area contributed by atoms with Gasteiger partial charge in [-0.25, -0.2) is 0 Å². The third kappa shape index (κ3) is 4.61. The van der Waals surface area contributed by atoms with Crippen LogP contribution in [0.25, 0.3) is 0 Å². The number of hydrogen-bond donors (Lipinski definition) is 1. The van der Waals surface area contributed by atoms with Crippen molar-refractivity contribution in [3.63, 3.8) is 0 Å². The molecule has 0 aliphatic carbocycles. The second-order valence-electron chi connectivity index (χ2n) is 8.00. The number of fused-ring (bicyclic) bond motifs is 1. The normalized spacial score (nSPS) is 19.7. The van der Waals surface area contributed by atoms with Crippen molar-refractivity contribution in [1.29, 1.82) is 0 Å². The van der Waals surface area contributed by atoms with Crippen LogP contribution in [0.1, 0.15) is 29.7 Å². The van der Waals surface area contributed by atoms with Crippen LogP contribution < -0.4 is 15.4 Å². The van der Waals surface area contributed by atoms with E-state index in [1.165, 1.54) is 6.07 Å². The molecule has 1 aromatic carbocycles. The molecule has 162 valence electrons. The number of rotatable bonds is 5. The molecule has 1 fully saturated rings. The topological polar surface area (TPSA) is 67.5 Å². The van der Waals surface area contributed by atoms with Gasteiger partial charge in [0.15, 0.2) is 0 Å². The number of anilines is 2. The average Bonchev–Trinajstić information content (AvgIpc) is 3.10. The van der Waals surface area contributed by atoms with E-state index >= 15 is 0 Å². The monoisotopic (exact) mass is 421 g/mol. The van der Waals surface area contributed by atoms with Crippen LogP contribution in [0, 0.1) is 0 Å². The fourth-order valence-electron chi connectivity index (χ4n) is 4.25. The molecule has 1 aromatic heterocycles. The average molecular weight is 421 g/mol. The summed E-state index contributed by atoms with van der Waals surface area (Å²) < 4.78 is 44.8. The number of nitrogens with zero attached hydrogens (tertiary/aromatic N) is 4. The highest BCUT2D eigenvalue weighted by molar-refractivity contribution is 5.57. The molecular weight excluding hydrogens is 395 g/mol. The van der Waals surface area contributed by atoms with Crippen LogP contribution in [0.3, 0.4) is 0 Å². The molecule has 6 nitrogen and oxygen atoms in total. The number of nitrogen functional groups attached to an aromatic ring is 1. The van der Waals surface area contributed by atoms with E-state index < -0.39 is 12.6 Å². The van der Waals surface area contributed by atoms with Crippen LogP contribution in [-0.4, -0.2) is 53.8 Å². The van der Waals surface area contributed by atoms with Crippen LogP contribution >= 0.6 is 0 Å². The minimum atomic E-state index is -4.26. The molecule has 0 amide bonds. The Labute approximate surface area is 173 Å². The molecule has 2 aliphatic heterocycles. The van der Waals surface area contributed by atoms with Crippen LogP contribution in [-0.2, 0) is 19.4 Å². The van der Waals surface area contributed by atoms with E-state index in [4.69, 9.17) is 10.5 Å². The van der Waals surface area contributed by atoms with Gasteiger partial charge in [0.2, 0.25) is 0 Å². The van der Waals surface area contributed by atoms with Crippen molar-refractivity contribution in [2.75, 3.05) is 37.4 Å². The van der Waals surface area contributed by atoms with Crippen molar-refractivity contribution in [1.82, 2.24) is 14.9 Å². The minimum absolute atomic E-state index is 0.233. The first-order chi connectivity index (χ1) is 14.3. The number of alkyl halides is 3. The summed E-state index contributed by atoms with van der Waals surface area (Å²) in [6.45, 7) is 2.47. The quantitative estimate of drug-likeness (QED) is 0.800. The standard InChI is InChI=1S/C21H26F3N5O/c1-28-9-4-6-15(28)13-30-20-26-17-12-29(10-8-16(17)19(25)27-20)18-7-3-2-5-14(18)11-21(22,23)24/h2-3,5,7,15H,4,6,8-13H2,1H3,(H2,25,26,27)/t15-/m0/s1. The van der Waals surface area contributed by atoms with Crippen molar-refractivity contribution in [3.05, 3.63) is 41.1 Å². The second kappa shape index (κ2) is 8.29. The van der Waals surface area contributed by atoms with E-state index in [1.54, 1.807) is 18.2 Å². The third-order valence-corrected chi connectivity index (χ3v) is 5.88. The van der Waals surface area contributed by atoms with Crippen molar-refractivity contribution >= 4 is 11.5 Å². The molecule has 2 N–H and O–H groups in total. The van der Waals surface area contributed by atoms with Gasteiger partial charge in [-0.2, -0.15) is 23.1 Å². The number of likely N-dealkylation sites (N-methyl/N-ethyl adjacent to an activating group) is 1. The van der Waals surface area contributed by atoms with Gasteiger partial charge in [0, 0.05) is 23.8 Å². The largest absolute Gasteiger partial charge is 0.462 e. The van der Waals surface area contributed by atoms with Gasteiger partial charge < -0.3 is 20.3 Å². The molecule has 30 heavy (non-hydrogen) atoms. The lowest BCUT2D eigenvalue weighted by molar-refractivity contribution is -0.127. The van der Waals surface area contributed by atoms with Crippen molar-refractivity contribution in [3.8, 4) is 6.01 Å². The zero-order valence-corrected chi connectivity index (χ0v) is 17.0. The molecule has 1 saturated heterocycles. The number of nitrogens with two attached hydrogens (primary N) is 1. The van der Waals surface area contributed by atoms with Crippen molar-refractivity contribution in [2.45, 2.75) is 44.4 Å². The van der Waals surface area contributed by atoms with Crippen LogP contribution in [0.15, 0.2) is 24.3 Å². The van der Waals surface area contributed by atoms with Gasteiger partial charge in [0.25, 0.3) is 0 Å². The summed E-state index contributed by atoms with van der Waals surface area (Å²) in [5, 5.41) is 0. The summed E-state index contributed by atoms with van der Waals surface area (Å²) in [4.78, 5) is 13.0. The summed E-state index contributed by atoms with van der Waals surface area (Å²) in [5.74, 6) is 0.387. The van der Waals surface area contributed by atoms with Gasteiger partial charge in [-0.05, 0) is 44.5 Å². The van der Waals surface area contributed by atoms with Gasteiger partial charge >= 0.3 is 12.2 Å². The number of hydrogen-bond acceptors (Lipinski definition) is 6. The Kier molecular flexibility index (Phi) is 5.73. The Morgan fingerprint density at radius 2 is 2.00 bits per heavy atom. The smallest absolute Gasteiger partial charge is 0.393 e. The molecule has 9 heteroatoms. The minimum Gasteiger partial charge on any atom is -0.462 e. The molecule has 4 rings (SSSR count). The van der Waals surface area contributed by atoms with Gasteiger partial charge in [-0.3, -0.25) is 0 Å². The molecule has 0 radical (unpaired) electrons. The van der Waals surface area contributed by atoms with E-state index in [9.17, 15) is 13.2 Å². The van der Waals surface area contributed by atoms with E-state index in [2.05, 4.69) is 21.9 Å². The Morgan fingerprint density at radius 3 is 2.73 bits per heavy atom. The number of benzene rings is 1. The maximum Gasteiger partial charge on any atom is 0.393 e. The first-order valence-corrected chi connectivity index (χ1v) is 10.2. The van der Waals surface area contributed by atoms with Gasteiger partial charge in [-0.15, -0.1) is 0 Å². The SMILES string of the molecule is CN1CCC[C@H]1COc1nc(N)c2c(n1)CN(c1ccccc1CC(F)(F)F)CC2. The number of para-hydroxylation sites is 1. The van der Waals surface area contributed by atoms with Crippen LogP contribution in [0.4, 0.5) is 24.7 Å².